The molecule has 0 rings (SSSR count). The van der Waals surface area contributed by atoms with E-state index in [1.165, 1.54) is 0 Å². The number of hydrogen-bond donors (Lipinski definition) is 0. The van der Waals surface area contributed by atoms with Gasteiger partial charge in [-0.3, -0.25) is 0 Å². The Labute approximate surface area is 311 Å². The highest BCUT2D eigenvalue weighted by Crippen LogP contribution is 2.38. The molecule has 49 heavy (non-hydrogen) atoms. The fourth-order valence-corrected chi connectivity index (χ4v) is 46.8. The van der Waals surface area contributed by atoms with Gasteiger partial charge in [-0.05, 0) is 74.5 Å². The first-order chi connectivity index (χ1) is 22.7. The zero-order valence-corrected chi connectivity index (χ0v) is 41.7. The van der Waals surface area contributed by atoms with Crippen LogP contribution in [0.2, 0.25) is 112 Å². The van der Waals surface area contributed by atoms with Crippen molar-refractivity contribution in [3.05, 3.63) is 0 Å². The van der Waals surface area contributed by atoms with Crippen molar-refractivity contribution in [3.8, 4) is 49.4 Å². The van der Waals surface area contributed by atoms with E-state index < -0.39 is 68.0 Å². The van der Waals surface area contributed by atoms with Crippen LogP contribution in [0.3, 0.4) is 0 Å². The van der Waals surface area contributed by atoms with Crippen molar-refractivity contribution in [2.45, 2.75) is 167 Å². The molecule has 15 heteroatoms. The van der Waals surface area contributed by atoms with Crippen LogP contribution >= 0.6 is 0 Å². The second kappa shape index (κ2) is 20.8. The fraction of sp³-hybridized carbons (Fsp3) is 0.765. The molecule has 0 heterocycles. The van der Waals surface area contributed by atoms with E-state index in [-0.39, 0.29) is 0 Å². The van der Waals surface area contributed by atoms with Gasteiger partial charge in [0, 0.05) is 37.3 Å². The molecular weight excluding hydrogens is 745 g/mol. The average Bonchev–Trinajstić information content (AvgIpc) is 3.02. The Hall–Kier alpha value is -0.305. The van der Waals surface area contributed by atoms with Gasteiger partial charge in [-0.25, -0.2) is 0 Å². The van der Waals surface area contributed by atoms with Gasteiger partial charge in [-0.15, -0.1) is 49.4 Å². The maximum Gasteiger partial charge on any atom is 0.470 e. The lowest BCUT2D eigenvalue weighted by Gasteiger charge is -2.48. The largest absolute Gasteiger partial charge is 0.470 e. The third-order valence-corrected chi connectivity index (χ3v) is 47.2. The van der Waals surface area contributed by atoms with E-state index in [9.17, 15) is 0 Å². The first-order valence-corrected chi connectivity index (χ1v) is 38.5. The Morgan fingerprint density at radius 3 is 0.714 bits per heavy atom. The van der Waals surface area contributed by atoms with Crippen molar-refractivity contribution in [1.29, 1.82) is 0 Å². The molecule has 2 atom stereocenters. The molecule has 2 unspecified atom stereocenters. The highest BCUT2D eigenvalue weighted by atomic mass is 28.6. The molecule has 0 aromatic rings. The van der Waals surface area contributed by atoms with Gasteiger partial charge < -0.3 is 28.8 Å². The predicted molar refractivity (Wildman–Crippen MR) is 227 cm³/mol. The van der Waals surface area contributed by atoms with Crippen LogP contribution in [0.25, 0.3) is 0 Å². The van der Waals surface area contributed by atoms with E-state index in [1.54, 1.807) is 0 Å². The zero-order chi connectivity index (χ0) is 38.3. The molecular formula is C34H70O7Si8. The normalized spacial score (nSPS) is 15.7. The molecule has 0 aromatic carbocycles. The molecule has 0 radical (unpaired) electrons. The Bertz CT molecular complexity index is 1080. The third-order valence-electron chi connectivity index (χ3n) is 9.81. The lowest BCUT2D eigenvalue weighted by Crippen LogP contribution is -2.68. The van der Waals surface area contributed by atoms with Gasteiger partial charge in [0.05, 0.1) is 0 Å². The monoisotopic (exact) mass is 814 g/mol. The molecule has 0 aliphatic heterocycles. The summed E-state index contributed by atoms with van der Waals surface area (Å²) in [6, 6.07) is 9.22. The minimum Gasteiger partial charge on any atom is -0.435 e. The Balaban J connectivity index is 7.52. The summed E-state index contributed by atoms with van der Waals surface area (Å²) in [7, 11) is -22.6. The summed E-state index contributed by atoms with van der Waals surface area (Å²) in [4.78, 5) is 0. The van der Waals surface area contributed by atoms with Crippen LogP contribution in [-0.4, -0.2) is 68.0 Å². The summed E-state index contributed by atoms with van der Waals surface area (Å²) in [6.45, 7) is 29.6. The van der Waals surface area contributed by atoms with Crippen LogP contribution < -0.4 is 0 Å². The SMILES string of the molecule is C#CC[Si](CC)(CC)O[Si](C)(C)O[Si](C)(O[Si](CC)(CC)CC#C)O[Si](C)(O[Si](CC)(CC)CC#C)O[Si](C)(C)O[Si](CC)(CC)CC#C. The lowest BCUT2D eigenvalue weighted by molar-refractivity contribution is 0.163. The first-order valence-electron chi connectivity index (χ1n) is 18.3. The van der Waals surface area contributed by atoms with Crippen molar-refractivity contribution >= 4 is 68.0 Å². The van der Waals surface area contributed by atoms with Gasteiger partial charge in [0.15, 0.2) is 33.3 Å². The molecule has 0 saturated heterocycles. The van der Waals surface area contributed by atoms with Crippen LogP contribution in [0.4, 0.5) is 0 Å². The summed E-state index contributed by atoms with van der Waals surface area (Å²) < 4.78 is 50.6. The zero-order valence-electron chi connectivity index (χ0n) is 33.7. The number of rotatable bonds is 26. The molecule has 280 valence electrons. The second-order valence-electron chi connectivity index (χ2n) is 14.3. The van der Waals surface area contributed by atoms with Crippen molar-refractivity contribution in [3.63, 3.8) is 0 Å². The molecule has 0 aliphatic carbocycles. The third kappa shape index (κ3) is 14.9. The van der Waals surface area contributed by atoms with Crippen LogP contribution in [0.5, 0.6) is 0 Å². The number of terminal acetylenes is 4. The maximum atomic E-state index is 7.37. The molecule has 0 aromatic heterocycles. The smallest absolute Gasteiger partial charge is 0.435 e. The van der Waals surface area contributed by atoms with Crippen LogP contribution in [0.1, 0.15) is 55.4 Å². The van der Waals surface area contributed by atoms with E-state index in [0.29, 0.717) is 24.2 Å². The molecule has 0 aliphatic rings. The van der Waals surface area contributed by atoms with Crippen LogP contribution in [-0.2, 0) is 28.8 Å². The summed E-state index contributed by atoms with van der Waals surface area (Å²) in [5.74, 6) is 11.6. The van der Waals surface area contributed by atoms with Crippen molar-refractivity contribution in [2.75, 3.05) is 0 Å². The summed E-state index contributed by atoms with van der Waals surface area (Å²) in [6.07, 6.45) is 23.7. The van der Waals surface area contributed by atoms with E-state index >= 15 is 0 Å². The van der Waals surface area contributed by atoms with E-state index in [0.717, 1.165) is 48.4 Å². The van der Waals surface area contributed by atoms with Crippen LogP contribution in [0, 0.1) is 49.4 Å². The van der Waals surface area contributed by atoms with Gasteiger partial charge in [-0.2, -0.15) is 0 Å². The van der Waals surface area contributed by atoms with Crippen molar-refractivity contribution < 1.29 is 28.8 Å². The highest BCUT2D eigenvalue weighted by molar-refractivity contribution is 6.94. The maximum absolute atomic E-state index is 7.37. The van der Waals surface area contributed by atoms with Gasteiger partial charge >= 0.3 is 34.7 Å². The average molecular weight is 816 g/mol. The fourth-order valence-electron chi connectivity index (χ4n) is 6.69. The Morgan fingerprint density at radius 1 is 0.327 bits per heavy atom. The quantitative estimate of drug-likeness (QED) is 0.0637. The summed E-state index contributed by atoms with van der Waals surface area (Å²) in [5.41, 5.74) is 0. The van der Waals surface area contributed by atoms with E-state index in [4.69, 9.17) is 54.5 Å². The van der Waals surface area contributed by atoms with Gasteiger partial charge in [0.1, 0.15) is 0 Å². The number of hydrogen-bond acceptors (Lipinski definition) is 7. The molecule has 7 nitrogen and oxygen atoms in total. The Kier molecular flexibility index (Phi) is 20.7. The van der Waals surface area contributed by atoms with Gasteiger partial charge in [0.2, 0.25) is 0 Å². The van der Waals surface area contributed by atoms with E-state index in [2.05, 4.69) is 105 Å². The summed E-state index contributed by atoms with van der Waals surface area (Å²) >= 11 is 0. The van der Waals surface area contributed by atoms with E-state index in [1.807, 2.05) is 13.1 Å². The lowest BCUT2D eigenvalue weighted by atomic mass is 10.8. The molecule has 0 amide bonds. The molecule has 0 spiro atoms. The standard InChI is InChI=1S/C34H70O7Si8/c1-19-31-46(23-5,24-6)37-42(13,14)35-44(17,40-48(27-9,28-10)33-21-3)39-45(18,41-49(29-11,30-12)34-22-4)36-43(15,16)38-47(25-7,26-8)32-20-2/h1-4H,23-34H2,5-18H3. The minimum absolute atomic E-state index is 0.550. The summed E-state index contributed by atoms with van der Waals surface area (Å²) in [5, 5.41) is 0. The first kappa shape index (κ1) is 48.7. The van der Waals surface area contributed by atoms with Gasteiger partial charge in [-0.1, -0.05) is 55.4 Å². The molecule has 0 bridgehead atoms. The van der Waals surface area contributed by atoms with Crippen LogP contribution in [0.15, 0.2) is 0 Å². The molecule has 0 saturated carbocycles. The van der Waals surface area contributed by atoms with Gasteiger partial charge in [0.25, 0.3) is 0 Å². The predicted octanol–water partition coefficient (Wildman–Crippen LogP) is 10.1. The highest BCUT2D eigenvalue weighted by Gasteiger charge is 2.59. The molecule has 0 fully saturated rings. The molecule has 0 N–H and O–H groups in total. The van der Waals surface area contributed by atoms with Crippen molar-refractivity contribution in [1.82, 2.24) is 0 Å². The van der Waals surface area contributed by atoms with Crippen molar-refractivity contribution in [2.24, 2.45) is 0 Å². The second-order valence-corrected chi connectivity index (χ2v) is 45.6. The Morgan fingerprint density at radius 2 is 0.531 bits per heavy atom. The topological polar surface area (TPSA) is 64.6 Å². The minimum atomic E-state index is -3.62.